The molecule has 0 heterocycles. The molecule has 1 aromatic rings. The van der Waals surface area contributed by atoms with E-state index in [2.05, 4.69) is 27.0 Å². The van der Waals surface area contributed by atoms with E-state index < -0.39 is 0 Å². The molecule has 0 bridgehead atoms. The van der Waals surface area contributed by atoms with Gasteiger partial charge in [-0.05, 0) is 37.8 Å². The van der Waals surface area contributed by atoms with Crippen LogP contribution in [0.5, 0.6) is 0 Å². The highest BCUT2D eigenvalue weighted by Gasteiger charge is 2.40. The van der Waals surface area contributed by atoms with Crippen LogP contribution in [0.25, 0.3) is 0 Å². The zero-order valence-corrected chi connectivity index (χ0v) is 10.2. The molecule has 0 radical (unpaired) electrons. The fraction of sp³-hybridized carbons (Fsp3) is 0.417. The molecule has 0 spiro atoms. The third-order valence-corrected chi connectivity index (χ3v) is 3.76. The molecule has 0 aromatic heterocycles. The average molecular weight is 266 g/mol. The molecule has 78 valence electrons. The molecule has 1 aliphatic carbocycles. The minimum absolute atomic E-state index is 0.299. The maximum atomic E-state index is 10.5. The van der Waals surface area contributed by atoms with Crippen LogP contribution in [-0.4, -0.2) is 6.08 Å². The van der Waals surface area contributed by atoms with Crippen molar-refractivity contribution in [3.8, 4) is 0 Å². The third kappa shape index (κ3) is 1.77. The van der Waals surface area contributed by atoms with Crippen LogP contribution in [-0.2, 0) is 10.3 Å². The molecule has 1 fully saturated rings. The zero-order chi connectivity index (χ0) is 10.9. The lowest BCUT2D eigenvalue weighted by Crippen LogP contribution is -2.32. The van der Waals surface area contributed by atoms with E-state index in [4.69, 9.17) is 0 Å². The second kappa shape index (κ2) is 3.92. The molecular formula is C12H12BrNO. The molecular weight excluding hydrogens is 254 g/mol. The molecule has 0 amide bonds. The zero-order valence-electron chi connectivity index (χ0n) is 8.59. The van der Waals surface area contributed by atoms with E-state index in [0.29, 0.717) is 0 Å². The van der Waals surface area contributed by atoms with Crippen LogP contribution in [0.4, 0.5) is 0 Å². The lowest BCUT2D eigenvalue weighted by molar-refractivity contribution is 0.254. The Morgan fingerprint density at radius 2 is 2.20 bits per heavy atom. The average Bonchev–Trinajstić information content (AvgIpc) is 2.16. The summed E-state index contributed by atoms with van der Waals surface area (Å²) >= 11 is 3.52. The van der Waals surface area contributed by atoms with Gasteiger partial charge >= 0.3 is 0 Å². The number of carbonyl (C=O) groups excluding carboxylic acids is 1. The quantitative estimate of drug-likeness (QED) is 0.595. The van der Waals surface area contributed by atoms with Gasteiger partial charge in [0.05, 0.1) is 5.54 Å². The van der Waals surface area contributed by atoms with Crippen LogP contribution >= 0.6 is 15.9 Å². The Morgan fingerprint density at radius 3 is 2.73 bits per heavy atom. The van der Waals surface area contributed by atoms with Crippen molar-refractivity contribution in [1.82, 2.24) is 0 Å². The van der Waals surface area contributed by atoms with Crippen molar-refractivity contribution in [3.05, 3.63) is 33.8 Å². The molecule has 0 unspecified atom stereocenters. The largest absolute Gasteiger partial charge is 0.235 e. The summed E-state index contributed by atoms with van der Waals surface area (Å²) in [5.41, 5.74) is 2.02. The SMILES string of the molecule is Cc1ccc(Br)c(C2(N=C=O)CCC2)c1. The van der Waals surface area contributed by atoms with Gasteiger partial charge in [0.15, 0.2) is 0 Å². The Hall–Kier alpha value is -0.920. The van der Waals surface area contributed by atoms with Gasteiger partial charge in [-0.1, -0.05) is 33.6 Å². The summed E-state index contributed by atoms with van der Waals surface area (Å²) in [5.74, 6) is 0. The maximum Gasteiger partial charge on any atom is 0.235 e. The standard InChI is InChI=1S/C12H12BrNO/c1-9-3-4-11(13)10(7-9)12(14-8-15)5-2-6-12/h3-4,7H,2,5-6H2,1H3. The van der Waals surface area contributed by atoms with Crippen LogP contribution in [0, 0.1) is 6.92 Å². The fourth-order valence-electron chi connectivity index (χ4n) is 2.04. The van der Waals surface area contributed by atoms with Gasteiger partial charge in [0, 0.05) is 4.47 Å². The van der Waals surface area contributed by atoms with Crippen molar-refractivity contribution in [1.29, 1.82) is 0 Å². The van der Waals surface area contributed by atoms with Crippen LogP contribution in [0.2, 0.25) is 0 Å². The second-order valence-corrected chi connectivity index (χ2v) is 4.93. The first-order valence-corrected chi connectivity index (χ1v) is 5.83. The van der Waals surface area contributed by atoms with E-state index in [9.17, 15) is 4.79 Å². The van der Waals surface area contributed by atoms with Gasteiger partial charge in [-0.2, -0.15) is 4.99 Å². The number of hydrogen-bond acceptors (Lipinski definition) is 2. The smallest absolute Gasteiger partial charge is 0.211 e. The molecule has 3 heteroatoms. The Balaban J connectivity index is 2.51. The van der Waals surface area contributed by atoms with E-state index in [-0.39, 0.29) is 5.54 Å². The highest BCUT2D eigenvalue weighted by molar-refractivity contribution is 9.10. The number of rotatable bonds is 2. The number of aliphatic imine (C=N–C) groups is 1. The molecule has 2 nitrogen and oxygen atoms in total. The minimum Gasteiger partial charge on any atom is -0.211 e. The number of nitrogens with zero attached hydrogens (tertiary/aromatic N) is 1. The summed E-state index contributed by atoms with van der Waals surface area (Å²) in [4.78, 5) is 14.5. The van der Waals surface area contributed by atoms with Crippen LogP contribution < -0.4 is 0 Å². The fourth-order valence-corrected chi connectivity index (χ4v) is 2.65. The summed E-state index contributed by atoms with van der Waals surface area (Å²) in [7, 11) is 0. The molecule has 1 aromatic carbocycles. The van der Waals surface area contributed by atoms with Gasteiger partial charge in [0.25, 0.3) is 0 Å². The van der Waals surface area contributed by atoms with E-state index in [1.54, 1.807) is 6.08 Å². The minimum atomic E-state index is -0.299. The second-order valence-electron chi connectivity index (χ2n) is 4.07. The summed E-state index contributed by atoms with van der Waals surface area (Å²) in [6, 6.07) is 6.17. The van der Waals surface area contributed by atoms with E-state index in [1.807, 2.05) is 19.1 Å². The molecule has 0 atom stereocenters. The van der Waals surface area contributed by atoms with Gasteiger partial charge in [-0.15, -0.1) is 0 Å². The van der Waals surface area contributed by atoms with Crippen molar-refractivity contribution in [2.24, 2.45) is 4.99 Å². The summed E-state index contributed by atoms with van der Waals surface area (Å²) in [6.07, 6.45) is 4.74. The molecule has 1 aliphatic rings. The monoisotopic (exact) mass is 265 g/mol. The first kappa shape index (κ1) is 10.6. The van der Waals surface area contributed by atoms with E-state index in [0.717, 1.165) is 29.3 Å². The highest BCUT2D eigenvalue weighted by atomic mass is 79.9. The van der Waals surface area contributed by atoms with Crippen LogP contribution in [0.1, 0.15) is 30.4 Å². The van der Waals surface area contributed by atoms with Gasteiger partial charge < -0.3 is 0 Å². The summed E-state index contributed by atoms with van der Waals surface area (Å²) < 4.78 is 1.03. The number of benzene rings is 1. The van der Waals surface area contributed by atoms with Gasteiger partial charge in [-0.25, -0.2) is 4.79 Å². The topological polar surface area (TPSA) is 29.4 Å². The predicted molar refractivity (Wildman–Crippen MR) is 62.5 cm³/mol. The van der Waals surface area contributed by atoms with Crippen molar-refractivity contribution >= 4 is 22.0 Å². The lowest BCUT2D eigenvalue weighted by atomic mass is 9.72. The lowest BCUT2D eigenvalue weighted by Gasteiger charge is -2.37. The van der Waals surface area contributed by atoms with Gasteiger partial charge in [0.1, 0.15) is 0 Å². The van der Waals surface area contributed by atoms with Crippen LogP contribution in [0.3, 0.4) is 0 Å². The number of hydrogen-bond donors (Lipinski definition) is 0. The normalized spacial score (nSPS) is 17.7. The van der Waals surface area contributed by atoms with Crippen LogP contribution in [0.15, 0.2) is 27.7 Å². The van der Waals surface area contributed by atoms with Gasteiger partial charge in [0.2, 0.25) is 6.08 Å². The van der Waals surface area contributed by atoms with Crippen molar-refractivity contribution in [2.45, 2.75) is 31.7 Å². The van der Waals surface area contributed by atoms with E-state index in [1.165, 1.54) is 5.56 Å². The highest BCUT2D eigenvalue weighted by Crippen LogP contribution is 2.47. The number of aryl methyl sites for hydroxylation is 1. The molecule has 0 aliphatic heterocycles. The molecule has 0 saturated heterocycles. The Bertz CT molecular complexity index is 431. The Labute approximate surface area is 97.5 Å². The molecule has 0 N–H and O–H groups in total. The molecule has 15 heavy (non-hydrogen) atoms. The first-order chi connectivity index (χ1) is 7.18. The number of isocyanates is 1. The predicted octanol–water partition coefficient (Wildman–Crippen LogP) is 3.47. The summed E-state index contributed by atoms with van der Waals surface area (Å²) in [6.45, 7) is 2.05. The van der Waals surface area contributed by atoms with Crippen molar-refractivity contribution < 1.29 is 4.79 Å². The first-order valence-electron chi connectivity index (χ1n) is 5.04. The van der Waals surface area contributed by atoms with Gasteiger partial charge in [-0.3, -0.25) is 0 Å². The third-order valence-electron chi connectivity index (χ3n) is 3.06. The van der Waals surface area contributed by atoms with Crippen molar-refractivity contribution in [3.63, 3.8) is 0 Å². The molecule has 2 rings (SSSR count). The van der Waals surface area contributed by atoms with Crippen molar-refractivity contribution in [2.75, 3.05) is 0 Å². The number of halogens is 1. The van der Waals surface area contributed by atoms with E-state index >= 15 is 0 Å². The molecule has 1 saturated carbocycles. The maximum absolute atomic E-state index is 10.5. The Kier molecular flexibility index (Phi) is 2.76. The summed E-state index contributed by atoms with van der Waals surface area (Å²) in [5, 5.41) is 0. The Morgan fingerprint density at radius 1 is 1.47 bits per heavy atom.